The number of esters is 1. The van der Waals surface area contributed by atoms with Crippen LogP contribution in [0.5, 0.6) is 0 Å². The van der Waals surface area contributed by atoms with Crippen molar-refractivity contribution in [3.05, 3.63) is 39.8 Å². The van der Waals surface area contributed by atoms with Crippen LogP contribution < -0.4 is 11.1 Å². The van der Waals surface area contributed by atoms with Gasteiger partial charge in [-0.2, -0.15) is 0 Å². The molecule has 21 heavy (non-hydrogen) atoms. The van der Waals surface area contributed by atoms with Crippen molar-refractivity contribution < 1.29 is 9.53 Å². The van der Waals surface area contributed by atoms with Crippen molar-refractivity contribution in [3.8, 4) is 0 Å². The number of aryl methyl sites for hydroxylation is 1. The van der Waals surface area contributed by atoms with E-state index in [4.69, 9.17) is 10.5 Å². The Morgan fingerprint density at radius 1 is 1.52 bits per heavy atom. The number of nitrogens with zero attached hydrogens (tertiary/aromatic N) is 1. The lowest BCUT2D eigenvalue weighted by molar-refractivity contribution is 0.0526. The Hall–Kier alpha value is -2.08. The molecule has 1 atom stereocenters. The number of thiazole rings is 1. The van der Waals surface area contributed by atoms with Gasteiger partial charge in [0.05, 0.1) is 29.6 Å². The lowest BCUT2D eigenvalue weighted by Gasteiger charge is -2.15. The van der Waals surface area contributed by atoms with Gasteiger partial charge in [0.15, 0.2) is 0 Å². The summed E-state index contributed by atoms with van der Waals surface area (Å²) in [6.07, 6.45) is 1.85. The number of aromatic nitrogens is 1. The zero-order valence-corrected chi connectivity index (χ0v) is 13.2. The minimum absolute atomic E-state index is 0.0550. The third-order valence-electron chi connectivity index (χ3n) is 2.94. The summed E-state index contributed by atoms with van der Waals surface area (Å²) in [5.41, 5.74) is 7.75. The molecular weight excluding hydrogens is 286 g/mol. The van der Waals surface area contributed by atoms with Gasteiger partial charge in [0.1, 0.15) is 5.01 Å². The highest BCUT2D eigenvalue weighted by molar-refractivity contribution is 7.11. The maximum absolute atomic E-state index is 11.6. The van der Waals surface area contributed by atoms with Crippen LogP contribution in [0, 0.1) is 6.92 Å². The van der Waals surface area contributed by atoms with E-state index >= 15 is 0 Å². The second-order valence-corrected chi connectivity index (χ2v) is 5.96. The van der Waals surface area contributed by atoms with Crippen molar-refractivity contribution in [2.75, 3.05) is 17.7 Å². The van der Waals surface area contributed by atoms with E-state index in [9.17, 15) is 4.79 Å². The number of carbonyl (C=O) groups excluding carboxylic acids is 1. The van der Waals surface area contributed by atoms with Crippen LogP contribution in [-0.4, -0.2) is 17.6 Å². The van der Waals surface area contributed by atoms with Gasteiger partial charge in [0, 0.05) is 11.1 Å². The van der Waals surface area contributed by atoms with Crippen LogP contribution in [0.4, 0.5) is 11.4 Å². The van der Waals surface area contributed by atoms with E-state index < -0.39 is 0 Å². The summed E-state index contributed by atoms with van der Waals surface area (Å²) in [7, 11) is 0. The number of nitrogens with two attached hydrogens (primary N) is 1. The molecule has 0 bridgehead atoms. The van der Waals surface area contributed by atoms with Gasteiger partial charge >= 0.3 is 5.97 Å². The molecule has 2 aromatic rings. The Labute approximate surface area is 128 Å². The molecule has 5 nitrogen and oxygen atoms in total. The van der Waals surface area contributed by atoms with Crippen LogP contribution in [0.2, 0.25) is 0 Å². The van der Waals surface area contributed by atoms with Crippen LogP contribution in [0.25, 0.3) is 0 Å². The number of hydrogen-bond acceptors (Lipinski definition) is 6. The predicted octanol–water partition coefficient (Wildman–Crippen LogP) is 3.38. The highest BCUT2D eigenvalue weighted by Gasteiger charge is 2.13. The molecule has 0 saturated carbocycles. The van der Waals surface area contributed by atoms with Crippen molar-refractivity contribution >= 4 is 28.7 Å². The fraction of sp³-hybridized carbons (Fsp3) is 0.333. The topological polar surface area (TPSA) is 77.2 Å². The normalized spacial score (nSPS) is 12.0. The highest BCUT2D eigenvalue weighted by atomic mass is 32.1. The second kappa shape index (κ2) is 6.58. The molecule has 0 amide bonds. The van der Waals surface area contributed by atoms with Gasteiger partial charge in [-0.1, -0.05) is 0 Å². The Morgan fingerprint density at radius 2 is 2.29 bits per heavy atom. The van der Waals surface area contributed by atoms with Gasteiger partial charge in [-0.3, -0.25) is 0 Å². The van der Waals surface area contributed by atoms with E-state index in [-0.39, 0.29) is 12.0 Å². The number of nitrogens with one attached hydrogen (secondary N) is 1. The Balaban J connectivity index is 2.12. The Morgan fingerprint density at radius 3 is 2.86 bits per heavy atom. The molecule has 0 radical (unpaired) electrons. The lowest BCUT2D eigenvalue weighted by atomic mass is 10.1. The lowest BCUT2D eigenvalue weighted by Crippen LogP contribution is -2.10. The molecule has 0 aliphatic carbocycles. The van der Waals surface area contributed by atoms with Gasteiger partial charge in [-0.25, -0.2) is 9.78 Å². The van der Waals surface area contributed by atoms with Crippen LogP contribution in [0.1, 0.15) is 40.1 Å². The molecule has 0 fully saturated rings. The van der Waals surface area contributed by atoms with Crippen LogP contribution >= 0.6 is 11.3 Å². The number of ether oxygens (including phenoxy) is 1. The van der Waals surface area contributed by atoms with E-state index in [0.717, 1.165) is 10.7 Å². The smallest absolute Gasteiger partial charge is 0.338 e. The number of anilines is 2. The van der Waals surface area contributed by atoms with Crippen molar-refractivity contribution in [1.82, 2.24) is 4.98 Å². The van der Waals surface area contributed by atoms with E-state index in [1.165, 1.54) is 4.88 Å². The number of nitrogen functional groups attached to an aromatic ring is 1. The number of carbonyl (C=O) groups is 1. The molecule has 2 rings (SSSR count). The molecule has 1 aromatic heterocycles. The maximum atomic E-state index is 11.6. The SMILES string of the molecule is CCOC(=O)c1ccc(NC(C)c2ncc(C)s2)c(N)c1. The van der Waals surface area contributed by atoms with Crippen molar-refractivity contribution in [1.29, 1.82) is 0 Å². The molecular formula is C15H19N3O2S. The van der Waals surface area contributed by atoms with Crippen LogP contribution in [-0.2, 0) is 4.74 Å². The highest BCUT2D eigenvalue weighted by Crippen LogP contribution is 2.27. The number of benzene rings is 1. The molecule has 112 valence electrons. The summed E-state index contributed by atoms with van der Waals surface area (Å²) in [5.74, 6) is -0.362. The number of hydrogen-bond donors (Lipinski definition) is 2. The quantitative estimate of drug-likeness (QED) is 0.654. The molecule has 0 aliphatic rings. The zero-order valence-electron chi connectivity index (χ0n) is 12.3. The molecule has 0 saturated heterocycles. The third-order valence-corrected chi connectivity index (χ3v) is 4.04. The Bertz CT molecular complexity index is 640. The maximum Gasteiger partial charge on any atom is 0.338 e. The van der Waals surface area contributed by atoms with E-state index in [2.05, 4.69) is 10.3 Å². The van der Waals surface area contributed by atoms with E-state index in [1.807, 2.05) is 20.0 Å². The zero-order chi connectivity index (χ0) is 15.4. The van der Waals surface area contributed by atoms with Gasteiger partial charge in [0.2, 0.25) is 0 Å². The molecule has 0 aliphatic heterocycles. The van der Waals surface area contributed by atoms with Gasteiger partial charge in [-0.15, -0.1) is 11.3 Å². The Kier molecular flexibility index (Phi) is 4.80. The summed E-state index contributed by atoms with van der Waals surface area (Å²) in [5, 5.41) is 4.31. The first kappa shape index (κ1) is 15.3. The molecule has 1 aromatic carbocycles. The average Bonchev–Trinajstić information content (AvgIpc) is 2.88. The molecule has 3 N–H and O–H groups in total. The first-order valence-electron chi connectivity index (χ1n) is 6.76. The monoisotopic (exact) mass is 305 g/mol. The van der Waals surface area contributed by atoms with Gasteiger partial charge in [-0.05, 0) is 39.0 Å². The van der Waals surface area contributed by atoms with E-state index in [0.29, 0.717) is 17.9 Å². The van der Waals surface area contributed by atoms with Crippen LogP contribution in [0.15, 0.2) is 24.4 Å². The minimum atomic E-state index is -0.362. The first-order chi connectivity index (χ1) is 10.0. The summed E-state index contributed by atoms with van der Waals surface area (Å²) < 4.78 is 4.95. The third kappa shape index (κ3) is 3.72. The summed E-state index contributed by atoms with van der Waals surface area (Å²) >= 11 is 1.65. The van der Waals surface area contributed by atoms with E-state index in [1.54, 1.807) is 36.5 Å². The standard InChI is InChI=1S/C15H19N3O2S/c1-4-20-15(19)11-5-6-13(12(16)7-11)18-10(3)14-17-8-9(2)21-14/h5-8,10,18H,4,16H2,1-3H3. The van der Waals surface area contributed by atoms with Crippen LogP contribution in [0.3, 0.4) is 0 Å². The summed E-state index contributed by atoms with van der Waals surface area (Å²) in [6, 6.07) is 5.18. The predicted molar refractivity (Wildman–Crippen MR) is 85.7 cm³/mol. The van der Waals surface area contributed by atoms with Crippen molar-refractivity contribution in [3.63, 3.8) is 0 Å². The summed E-state index contributed by atoms with van der Waals surface area (Å²) in [6.45, 7) is 6.17. The van der Waals surface area contributed by atoms with Crippen molar-refractivity contribution in [2.24, 2.45) is 0 Å². The molecule has 1 heterocycles. The fourth-order valence-electron chi connectivity index (χ4n) is 1.90. The largest absolute Gasteiger partial charge is 0.462 e. The molecule has 6 heteroatoms. The van der Waals surface area contributed by atoms with Gasteiger partial charge < -0.3 is 15.8 Å². The van der Waals surface area contributed by atoms with Crippen molar-refractivity contribution in [2.45, 2.75) is 26.8 Å². The first-order valence-corrected chi connectivity index (χ1v) is 7.58. The average molecular weight is 305 g/mol. The second-order valence-electron chi connectivity index (χ2n) is 4.70. The molecule has 1 unspecified atom stereocenters. The fourth-order valence-corrected chi connectivity index (χ4v) is 2.68. The van der Waals surface area contributed by atoms with Gasteiger partial charge in [0.25, 0.3) is 0 Å². The number of rotatable bonds is 5. The molecule has 0 spiro atoms. The minimum Gasteiger partial charge on any atom is -0.462 e. The summed E-state index contributed by atoms with van der Waals surface area (Å²) in [4.78, 5) is 17.2.